The van der Waals surface area contributed by atoms with Gasteiger partial charge in [-0.3, -0.25) is 0 Å². The Balaban J connectivity index is 0.000000791. The van der Waals surface area contributed by atoms with E-state index in [4.69, 9.17) is 9.47 Å². The van der Waals surface area contributed by atoms with E-state index in [1.807, 2.05) is 13.8 Å². The summed E-state index contributed by atoms with van der Waals surface area (Å²) in [7, 11) is 3.11. The molecule has 0 unspecified atom stereocenters. The molecule has 0 aliphatic carbocycles. The Morgan fingerprint density at radius 1 is 1.21 bits per heavy atom. The van der Waals surface area contributed by atoms with Gasteiger partial charge < -0.3 is 9.47 Å². The first-order valence-electron chi connectivity index (χ1n) is 4.59. The average Bonchev–Trinajstić information content (AvgIpc) is 2.22. The smallest absolute Gasteiger partial charge is 0.124 e. The number of rotatable bonds is 3. The van der Waals surface area contributed by atoms with E-state index in [1.165, 1.54) is 12.1 Å². The second-order valence-electron chi connectivity index (χ2n) is 2.39. The van der Waals surface area contributed by atoms with E-state index >= 15 is 0 Å². The number of hydrogen-bond acceptors (Lipinski definition) is 2. The van der Waals surface area contributed by atoms with Crippen LogP contribution in [0.3, 0.4) is 0 Å². The summed E-state index contributed by atoms with van der Waals surface area (Å²) in [5.74, 6) is 0.376. The quantitative estimate of drug-likeness (QED) is 0.746. The lowest BCUT2D eigenvalue weighted by Gasteiger charge is -2.06. The summed E-state index contributed by atoms with van der Waals surface area (Å²) in [5.41, 5.74) is 0.722. The molecule has 1 rings (SSSR count). The van der Waals surface area contributed by atoms with E-state index < -0.39 is 0 Å². The fraction of sp³-hybridized carbons (Fsp3) is 0.455. The van der Waals surface area contributed by atoms with Crippen LogP contribution in [0.25, 0.3) is 0 Å². The third-order valence-corrected chi connectivity index (χ3v) is 1.54. The molecule has 0 aliphatic heterocycles. The molecule has 1 aromatic carbocycles. The second-order valence-corrected chi connectivity index (χ2v) is 2.39. The maximum Gasteiger partial charge on any atom is 0.124 e. The highest BCUT2D eigenvalue weighted by molar-refractivity contribution is 5.33. The standard InChI is InChI=1S/C9H11FO2.C2H6/c1-11-6-7-5-8(10)3-4-9(7)12-2;1-2/h3-5H,6H2,1-2H3;1-2H3. The Morgan fingerprint density at radius 3 is 2.36 bits per heavy atom. The Kier molecular flexibility index (Phi) is 6.76. The Labute approximate surface area is 84.7 Å². The number of ether oxygens (including phenoxy) is 2. The molecular formula is C11H17FO2. The minimum absolute atomic E-state index is 0.275. The molecule has 0 N–H and O–H groups in total. The fourth-order valence-corrected chi connectivity index (χ4v) is 1.02. The number of benzene rings is 1. The summed E-state index contributed by atoms with van der Waals surface area (Å²) in [6, 6.07) is 4.35. The van der Waals surface area contributed by atoms with E-state index in [2.05, 4.69) is 0 Å². The van der Waals surface area contributed by atoms with Crippen molar-refractivity contribution in [3.8, 4) is 5.75 Å². The molecule has 0 aliphatic rings. The summed E-state index contributed by atoms with van der Waals surface area (Å²) >= 11 is 0. The van der Waals surface area contributed by atoms with Gasteiger partial charge in [0.1, 0.15) is 11.6 Å². The Bertz CT molecular complexity index is 261. The normalized spacial score (nSPS) is 8.93. The first-order chi connectivity index (χ1) is 6.77. The maximum absolute atomic E-state index is 12.7. The molecule has 2 nitrogen and oxygen atoms in total. The van der Waals surface area contributed by atoms with Crippen LogP contribution in [-0.4, -0.2) is 14.2 Å². The molecule has 0 aromatic heterocycles. The number of halogens is 1. The van der Waals surface area contributed by atoms with Crippen molar-refractivity contribution in [2.75, 3.05) is 14.2 Å². The van der Waals surface area contributed by atoms with Crippen molar-refractivity contribution in [3.63, 3.8) is 0 Å². The van der Waals surface area contributed by atoms with Gasteiger partial charge in [0.2, 0.25) is 0 Å². The molecule has 0 bridgehead atoms. The van der Waals surface area contributed by atoms with Gasteiger partial charge in [-0.1, -0.05) is 13.8 Å². The number of hydrogen-bond donors (Lipinski definition) is 0. The molecule has 14 heavy (non-hydrogen) atoms. The molecule has 0 amide bonds. The fourth-order valence-electron chi connectivity index (χ4n) is 1.02. The average molecular weight is 200 g/mol. The van der Waals surface area contributed by atoms with E-state index in [-0.39, 0.29) is 5.82 Å². The molecule has 0 radical (unpaired) electrons. The van der Waals surface area contributed by atoms with Gasteiger partial charge in [-0.25, -0.2) is 4.39 Å². The zero-order chi connectivity index (χ0) is 11.0. The predicted octanol–water partition coefficient (Wildman–Crippen LogP) is 3.01. The van der Waals surface area contributed by atoms with E-state index in [9.17, 15) is 4.39 Å². The molecule has 0 saturated carbocycles. The van der Waals surface area contributed by atoms with E-state index in [1.54, 1.807) is 20.3 Å². The highest BCUT2D eigenvalue weighted by atomic mass is 19.1. The first kappa shape index (κ1) is 12.9. The van der Waals surface area contributed by atoms with Gasteiger partial charge in [-0.2, -0.15) is 0 Å². The lowest BCUT2D eigenvalue weighted by molar-refractivity contribution is 0.181. The summed E-state index contributed by atoms with van der Waals surface area (Å²) < 4.78 is 22.6. The van der Waals surface area contributed by atoms with Crippen LogP contribution < -0.4 is 4.74 Å². The highest BCUT2D eigenvalue weighted by Gasteiger charge is 2.02. The van der Waals surface area contributed by atoms with Gasteiger partial charge in [0.05, 0.1) is 13.7 Å². The third-order valence-electron chi connectivity index (χ3n) is 1.54. The summed E-state index contributed by atoms with van der Waals surface area (Å²) in [6.45, 7) is 4.36. The predicted molar refractivity (Wildman–Crippen MR) is 55.0 cm³/mol. The van der Waals surface area contributed by atoms with E-state index in [0.29, 0.717) is 12.4 Å². The van der Waals surface area contributed by atoms with Crippen molar-refractivity contribution in [2.24, 2.45) is 0 Å². The molecule has 0 atom stereocenters. The molecule has 0 heterocycles. The molecule has 0 fully saturated rings. The minimum atomic E-state index is -0.275. The Hall–Kier alpha value is -1.09. The van der Waals surface area contributed by atoms with Crippen molar-refractivity contribution >= 4 is 0 Å². The summed E-state index contributed by atoms with van der Waals surface area (Å²) in [5, 5.41) is 0. The lowest BCUT2D eigenvalue weighted by Crippen LogP contribution is -1.94. The van der Waals surface area contributed by atoms with Crippen LogP contribution in [0.4, 0.5) is 4.39 Å². The first-order valence-corrected chi connectivity index (χ1v) is 4.59. The van der Waals surface area contributed by atoms with Crippen molar-refractivity contribution in [3.05, 3.63) is 29.6 Å². The molecular weight excluding hydrogens is 183 g/mol. The lowest BCUT2D eigenvalue weighted by atomic mass is 10.2. The Morgan fingerprint density at radius 2 is 1.86 bits per heavy atom. The van der Waals surface area contributed by atoms with Gasteiger partial charge in [0.25, 0.3) is 0 Å². The van der Waals surface area contributed by atoms with Crippen molar-refractivity contribution in [2.45, 2.75) is 20.5 Å². The molecule has 3 heteroatoms. The SMILES string of the molecule is CC.COCc1cc(F)ccc1OC. The van der Waals surface area contributed by atoms with Crippen molar-refractivity contribution < 1.29 is 13.9 Å². The van der Waals surface area contributed by atoms with Gasteiger partial charge in [-0.15, -0.1) is 0 Å². The highest BCUT2D eigenvalue weighted by Crippen LogP contribution is 2.19. The number of methoxy groups -OCH3 is 2. The van der Waals surface area contributed by atoms with Gasteiger partial charge >= 0.3 is 0 Å². The van der Waals surface area contributed by atoms with Crippen LogP contribution in [0.15, 0.2) is 18.2 Å². The molecule has 0 spiro atoms. The minimum Gasteiger partial charge on any atom is -0.496 e. The molecule has 0 saturated heterocycles. The monoisotopic (exact) mass is 200 g/mol. The topological polar surface area (TPSA) is 18.5 Å². The zero-order valence-corrected chi connectivity index (χ0v) is 9.13. The maximum atomic E-state index is 12.7. The zero-order valence-electron chi connectivity index (χ0n) is 9.13. The van der Waals surface area contributed by atoms with Gasteiger partial charge in [0.15, 0.2) is 0 Å². The van der Waals surface area contributed by atoms with Crippen LogP contribution in [0.5, 0.6) is 5.75 Å². The van der Waals surface area contributed by atoms with Crippen molar-refractivity contribution in [1.29, 1.82) is 0 Å². The molecule has 1 aromatic rings. The third kappa shape index (κ3) is 3.75. The van der Waals surface area contributed by atoms with Crippen LogP contribution in [0.2, 0.25) is 0 Å². The van der Waals surface area contributed by atoms with Gasteiger partial charge in [-0.05, 0) is 18.2 Å². The van der Waals surface area contributed by atoms with Crippen molar-refractivity contribution in [1.82, 2.24) is 0 Å². The molecule has 80 valence electrons. The van der Waals surface area contributed by atoms with Gasteiger partial charge in [0, 0.05) is 12.7 Å². The van der Waals surface area contributed by atoms with Crippen LogP contribution in [0.1, 0.15) is 19.4 Å². The van der Waals surface area contributed by atoms with Crippen LogP contribution in [-0.2, 0) is 11.3 Å². The largest absolute Gasteiger partial charge is 0.496 e. The van der Waals surface area contributed by atoms with Crippen LogP contribution in [0, 0.1) is 5.82 Å². The van der Waals surface area contributed by atoms with E-state index in [0.717, 1.165) is 5.56 Å². The second kappa shape index (κ2) is 7.33. The van der Waals surface area contributed by atoms with Crippen LogP contribution >= 0.6 is 0 Å². The summed E-state index contributed by atoms with van der Waals surface area (Å²) in [6.07, 6.45) is 0. The summed E-state index contributed by atoms with van der Waals surface area (Å²) in [4.78, 5) is 0.